The fourth-order valence-corrected chi connectivity index (χ4v) is 0.798. The van der Waals surface area contributed by atoms with Gasteiger partial charge in [-0.25, -0.2) is 0 Å². The summed E-state index contributed by atoms with van der Waals surface area (Å²) < 4.78 is 1.64. The minimum absolute atomic E-state index is 0.667. The third-order valence-corrected chi connectivity index (χ3v) is 1.27. The highest BCUT2D eigenvalue weighted by molar-refractivity contribution is 5.32. The van der Waals surface area contributed by atoms with E-state index < -0.39 is 0 Å². The topological polar surface area (TPSA) is 43.1 Å². The first-order chi connectivity index (χ1) is 4.88. The average Bonchev–Trinajstić information content (AvgIpc) is 2.34. The normalized spacial score (nSPS) is 10.5. The standard InChI is InChI=1S/C6H5N4/c1-5-8-9-6-3-2-4-7-10(5)6/h2,4H,1H3. The Kier molecular flexibility index (Phi) is 0.943. The molecule has 0 bridgehead atoms. The van der Waals surface area contributed by atoms with Gasteiger partial charge < -0.3 is 0 Å². The van der Waals surface area contributed by atoms with Gasteiger partial charge in [-0.15, -0.1) is 10.2 Å². The number of rotatable bonds is 0. The van der Waals surface area contributed by atoms with Crippen molar-refractivity contribution >= 4 is 5.65 Å². The molecule has 2 aromatic heterocycles. The zero-order chi connectivity index (χ0) is 6.97. The second-order valence-electron chi connectivity index (χ2n) is 1.96. The van der Waals surface area contributed by atoms with Crippen LogP contribution >= 0.6 is 0 Å². The summed E-state index contributed by atoms with van der Waals surface area (Å²) in [5, 5.41) is 11.6. The molecule has 0 saturated carbocycles. The number of aromatic nitrogens is 4. The van der Waals surface area contributed by atoms with Crippen molar-refractivity contribution in [3.63, 3.8) is 0 Å². The van der Waals surface area contributed by atoms with Crippen molar-refractivity contribution in [2.75, 3.05) is 0 Å². The first kappa shape index (κ1) is 5.34. The smallest absolute Gasteiger partial charge is 0.185 e. The van der Waals surface area contributed by atoms with Crippen molar-refractivity contribution in [1.82, 2.24) is 19.8 Å². The van der Waals surface area contributed by atoms with Gasteiger partial charge in [-0.3, -0.25) is 0 Å². The summed E-state index contributed by atoms with van der Waals surface area (Å²) in [5.41, 5.74) is 0.667. The van der Waals surface area contributed by atoms with E-state index in [1.165, 1.54) is 0 Å². The van der Waals surface area contributed by atoms with Crippen molar-refractivity contribution in [2.24, 2.45) is 0 Å². The Balaban J connectivity index is 2.93. The van der Waals surface area contributed by atoms with Gasteiger partial charge in [0.05, 0.1) is 0 Å². The fourth-order valence-electron chi connectivity index (χ4n) is 0.798. The predicted octanol–water partition coefficient (Wildman–Crippen LogP) is 0.233. The lowest BCUT2D eigenvalue weighted by atomic mass is 10.5. The molecule has 2 rings (SSSR count). The molecule has 0 aliphatic heterocycles. The highest BCUT2D eigenvalue weighted by atomic mass is 15.4. The molecule has 2 aromatic rings. The summed E-state index contributed by atoms with van der Waals surface area (Å²) in [7, 11) is 0. The van der Waals surface area contributed by atoms with Crippen LogP contribution in [0.1, 0.15) is 5.82 Å². The van der Waals surface area contributed by atoms with Gasteiger partial charge in [-0.05, 0) is 13.0 Å². The predicted molar refractivity (Wildman–Crippen MR) is 34.4 cm³/mol. The first-order valence-electron chi connectivity index (χ1n) is 2.92. The Morgan fingerprint density at radius 3 is 3.20 bits per heavy atom. The largest absolute Gasteiger partial charge is 0.197 e. The third kappa shape index (κ3) is 0.586. The molecule has 2 heterocycles. The Hall–Kier alpha value is -1.45. The molecule has 49 valence electrons. The zero-order valence-electron chi connectivity index (χ0n) is 5.44. The van der Waals surface area contributed by atoms with Gasteiger partial charge in [0.15, 0.2) is 11.5 Å². The van der Waals surface area contributed by atoms with E-state index in [1.54, 1.807) is 16.8 Å². The third-order valence-electron chi connectivity index (χ3n) is 1.27. The van der Waals surface area contributed by atoms with E-state index in [2.05, 4.69) is 21.4 Å². The van der Waals surface area contributed by atoms with E-state index in [0.29, 0.717) is 5.65 Å². The van der Waals surface area contributed by atoms with E-state index in [1.807, 2.05) is 6.92 Å². The molecule has 0 unspecified atom stereocenters. The Labute approximate surface area is 57.5 Å². The molecular weight excluding hydrogens is 128 g/mol. The van der Waals surface area contributed by atoms with Crippen LogP contribution in [0.3, 0.4) is 0 Å². The summed E-state index contributed by atoms with van der Waals surface area (Å²) in [6.45, 7) is 1.85. The van der Waals surface area contributed by atoms with Crippen LogP contribution < -0.4 is 0 Å². The molecule has 0 saturated heterocycles. The SMILES string of the molecule is Cc1nnc2[c]ccnn12. The van der Waals surface area contributed by atoms with E-state index in [-0.39, 0.29) is 0 Å². The van der Waals surface area contributed by atoms with Gasteiger partial charge >= 0.3 is 0 Å². The maximum atomic E-state index is 4.00. The lowest BCUT2D eigenvalue weighted by molar-refractivity contribution is 0.874. The molecule has 0 N–H and O–H groups in total. The van der Waals surface area contributed by atoms with Gasteiger partial charge in [0.1, 0.15) is 0 Å². The van der Waals surface area contributed by atoms with Gasteiger partial charge in [0.2, 0.25) is 0 Å². The quantitative estimate of drug-likeness (QED) is 0.516. The van der Waals surface area contributed by atoms with Crippen LogP contribution in [0.5, 0.6) is 0 Å². The van der Waals surface area contributed by atoms with Crippen LogP contribution in [0.4, 0.5) is 0 Å². The van der Waals surface area contributed by atoms with Crippen molar-refractivity contribution in [1.29, 1.82) is 0 Å². The number of aryl methyl sites for hydroxylation is 1. The lowest BCUT2D eigenvalue weighted by Crippen LogP contribution is -1.91. The van der Waals surface area contributed by atoms with Crippen molar-refractivity contribution in [2.45, 2.75) is 6.92 Å². The average molecular weight is 133 g/mol. The number of nitrogens with zero attached hydrogens (tertiary/aromatic N) is 4. The van der Waals surface area contributed by atoms with E-state index in [0.717, 1.165) is 5.82 Å². The van der Waals surface area contributed by atoms with Crippen LogP contribution in [-0.2, 0) is 0 Å². The van der Waals surface area contributed by atoms with E-state index >= 15 is 0 Å². The molecule has 0 spiro atoms. The van der Waals surface area contributed by atoms with Crippen molar-refractivity contribution < 1.29 is 0 Å². The number of hydrogen-bond acceptors (Lipinski definition) is 3. The molecule has 1 radical (unpaired) electrons. The summed E-state index contributed by atoms with van der Waals surface area (Å²) in [6.07, 6.45) is 1.66. The first-order valence-corrected chi connectivity index (χ1v) is 2.92. The molecule has 10 heavy (non-hydrogen) atoms. The maximum Gasteiger partial charge on any atom is 0.185 e. The monoisotopic (exact) mass is 133 g/mol. The minimum Gasteiger partial charge on any atom is -0.197 e. The van der Waals surface area contributed by atoms with Crippen LogP contribution in [0.25, 0.3) is 5.65 Å². The molecular formula is C6H5N4. The summed E-state index contributed by atoms with van der Waals surface area (Å²) in [5.74, 6) is 0.784. The molecule has 0 aromatic carbocycles. The Morgan fingerprint density at radius 1 is 1.50 bits per heavy atom. The molecule has 4 heteroatoms. The van der Waals surface area contributed by atoms with Gasteiger partial charge in [-0.1, -0.05) is 0 Å². The highest BCUT2D eigenvalue weighted by Gasteiger charge is 1.97. The molecule has 0 aliphatic carbocycles. The lowest BCUT2D eigenvalue weighted by Gasteiger charge is -1.87. The van der Waals surface area contributed by atoms with Crippen LogP contribution in [-0.4, -0.2) is 19.8 Å². The molecule has 4 nitrogen and oxygen atoms in total. The Bertz CT molecular complexity index is 351. The number of fused-ring (bicyclic) bond motifs is 1. The summed E-state index contributed by atoms with van der Waals surface area (Å²) in [4.78, 5) is 0. The van der Waals surface area contributed by atoms with Crippen molar-refractivity contribution in [3.8, 4) is 0 Å². The van der Waals surface area contributed by atoms with Gasteiger partial charge in [0.25, 0.3) is 0 Å². The summed E-state index contributed by atoms with van der Waals surface area (Å²) in [6, 6.07) is 4.61. The molecule has 0 fully saturated rings. The maximum absolute atomic E-state index is 4.00. The summed E-state index contributed by atoms with van der Waals surface area (Å²) >= 11 is 0. The Morgan fingerprint density at radius 2 is 2.40 bits per heavy atom. The molecule has 0 amide bonds. The van der Waals surface area contributed by atoms with E-state index in [4.69, 9.17) is 0 Å². The van der Waals surface area contributed by atoms with Crippen molar-refractivity contribution in [3.05, 3.63) is 24.2 Å². The molecule has 0 aliphatic rings. The fraction of sp³-hybridized carbons (Fsp3) is 0.167. The second kappa shape index (κ2) is 1.76. The van der Waals surface area contributed by atoms with Gasteiger partial charge in [0, 0.05) is 12.3 Å². The van der Waals surface area contributed by atoms with E-state index in [9.17, 15) is 0 Å². The molecule has 0 atom stereocenters. The van der Waals surface area contributed by atoms with Crippen LogP contribution in [0.2, 0.25) is 0 Å². The highest BCUT2D eigenvalue weighted by Crippen LogP contribution is 1.95. The minimum atomic E-state index is 0.667. The van der Waals surface area contributed by atoms with Gasteiger partial charge in [-0.2, -0.15) is 9.61 Å². The van der Waals surface area contributed by atoms with Crippen LogP contribution in [0.15, 0.2) is 12.3 Å². The zero-order valence-corrected chi connectivity index (χ0v) is 5.44. The number of hydrogen-bond donors (Lipinski definition) is 0. The second-order valence-corrected chi connectivity index (χ2v) is 1.96. The van der Waals surface area contributed by atoms with Crippen LogP contribution in [0, 0.1) is 13.0 Å².